The molecule has 0 saturated carbocycles. The van der Waals surface area contributed by atoms with Crippen molar-refractivity contribution in [2.45, 2.75) is 6.92 Å². The van der Waals surface area contributed by atoms with Gasteiger partial charge in [0.2, 0.25) is 0 Å². The van der Waals surface area contributed by atoms with Crippen LogP contribution in [0.5, 0.6) is 0 Å². The molecule has 0 bridgehead atoms. The van der Waals surface area contributed by atoms with E-state index in [-0.39, 0.29) is 5.82 Å². The van der Waals surface area contributed by atoms with Gasteiger partial charge in [0.05, 0.1) is 0 Å². The SMILES string of the molecule is Cc1cc(F)ccc1P(=O)(c1ccccc1)c1ccccc1. The van der Waals surface area contributed by atoms with Gasteiger partial charge in [-0.1, -0.05) is 60.7 Å². The second-order valence-corrected chi connectivity index (χ2v) is 7.94. The van der Waals surface area contributed by atoms with Crippen LogP contribution in [-0.2, 0) is 4.57 Å². The van der Waals surface area contributed by atoms with Gasteiger partial charge in [0.25, 0.3) is 0 Å². The zero-order valence-corrected chi connectivity index (χ0v) is 13.1. The predicted octanol–water partition coefficient (Wildman–Crippen LogP) is 3.77. The van der Waals surface area contributed by atoms with E-state index in [1.807, 2.05) is 60.7 Å². The van der Waals surface area contributed by atoms with Crippen molar-refractivity contribution in [1.29, 1.82) is 0 Å². The Hall–Kier alpha value is -2.18. The lowest BCUT2D eigenvalue weighted by atomic mass is 10.2. The molecule has 0 aliphatic carbocycles. The summed E-state index contributed by atoms with van der Waals surface area (Å²) in [4.78, 5) is 0. The average Bonchev–Trinajstić information content (AvgIpc) is 2.56. The minimum Gasteiger partial charge on any atom is -0.309 e. The molecule has 0 N–H and O–H groups in total. The van der Waals surface area contributed by atoms with Crippen LogP contribution in [0.2, 0.25) is 0 Å². The van der Waals surface area contributed by atoms with E-state index in [1.54, 1.807) is 13.0 Å². The number of hydrogen-bond donors (Lipinski definition) is 0. The number of benzene rings is 3. The van der Waals surface area contributed by atoms with E-state index in [0.717, 1.165) is 10.6 Å². The largest absolute Gasteiger partial charge is 0.309 e. The molecule has 1 nitrogen and oxygen atoms in total. The normalized spacial score (nSPS) is 11.4. The van der Waals surface area contributed by atoms with Crippen LogP contribution in [-0.4, -0.2) is 0 Å². The van der Waals surface area contributed by atoms with E-state index in [4.69, 9.17) is 0 Å². The Morgan fingerprint density at radius 3 is 1.73 bits per heavy atom. The molecule has 0 atom stereocenters. The van der Waals surface area contributed by atoms with Gasteiger partial charge in [-0.25, -0.2) is 4.39 Å². The molecule has 0 unspecified atom stereocenters. The van der Waals surface area contributed by atoms with Gasteiger partial charge >= 0.3 is 0 Å². The molecule has 0 heterocycles. The van der Waals surface area contributed by atoms with E-state index in [1.165, 1.54) is 12.1 Å². The monoisotopic (exact) mass is 310 g/mol. The van der Waals surface area contributed by atoms with Gasteiger partial charge in [0, 0.05) is 15.9 Å². The highest BCUT2D eigenvalue weighted by atomic mass is 31.2. The Kier molecular flexibility index (Phi) is 3.96. The van der Waals surface area contributed by atoms with Crippen molar-refractivity contribution < 1.29 is 8.96 Å². The highest BCUT2D eigenvalue weighted by Gasteiger charge is 2.30. The highest BCUT2D eigenvalue weighted by Crippen LogP contribution is 2.43. The van der Waals surface area contributed by atoms with Gasteiger partial charge in [-0.15, -0.1) is 0 Å². The molecular weight excluding hydrogens is 294 g/mol. The molecule has 22 heavy (non-hydrogen) atoms. The quantitative estimate of drug-likeness (QED) is 0.673. The van der Waals surface area contributed by atoms with Crippen molar-refractivity contribution in [1.82, 2.24) is 0 Å². The molecule has 0 radical (unpaired) electrons. The fraction of sp³-hybridized carbons (Fsp3) is 0.0526. The smallest absolute Gasteiger partial charge is 0.171 e. The maximum absolute atomic E-state index is 14.0. The summed E-state index contributed by atoms with van der Waals surface area (Å²) in [5.41, 5.74) is 0.705. The number of rotatable bonds is 3. The zero-order chi connectivity index (χ0) is 15.6. The predicted molar refractivity (Wildman–Crippen MR) is 90.5 cm³/mol. The topological polar surface area (TPSA) is 17.1 Å². The lowest BCUT2D eigenvalue weighted by Gasteiger charge is -2.21. The maximum Gasteiger partial charge on any atom is 0.171 e. The molecule has 0 fully saturated rings. The molecule has 3 rings (SSSR count). The summed E-state index contributed by atoms with van der Waals surface area (Å²) < 4.78 is 27.5. The Balaban J connectivity index is 2.31. The van der Waals surface area contributed by atoms with Crippen LogP contribution >= 0.6 is 7.14 Å². The van der Waals surface area contributed by atoms with Gasteiger partial charge in [0.15, 0.2) is 7.14 Å². The molecular formula is C19H16FOP. The fourth-order valence-electron chi connectivity index (χ4n) is 2.68. The van der Waals surface area contributed by atoms with Crippen LogP contribution < -0.4 is 15.9 Å². The summed E-state index contributed by atoms with van der Waals surface area (Å²) in [5, 5.41) is 2.21. The van der Waals surface area contributed by atoms with Crippen LogP contribution in [0.4, 0.5) is 4.39 Å². The van der Waals surface area contributed by atoms with Gasteiger partial charge in [-0.2, -0.15) is 0 Å². The zero-order valence-electron chi connectivity index (χ0n) is 12.2. The van der Waals surface area contributed by atoms with E-state index in [9.17, 15) is 8.96 Å². The molecule has 0 aliphatic heterocycles. The molecule has 3 aromatic rings. The molecule has 3 heteroatoms. The van der Waals surface area contributed by atoms with Gasteiger partial charge in [0.1, 0.15) is 5.82 Å². The Bertz CT molecular complexity index is 785. The summed E-state index contributed by atoms with van der Waals surface area (Å²) in [5.74, 6) is -0.311. The molecule has 110 valence electrons. The molecule has 0 amide bonds. The van der Waals surface area contributed by atoms with Gasteiger partial charge < -0.3 is 4.57 Å². The first-order valence-electron chi connectivity index (χ1n) is 7.10. The summed E-state index contributed by atoms with van der Waals surface area (Å²) in [6, 6.07) is 23.3. The Morgan fingerprint density at radius 1 is 0.773 bits per heavy atom. The van der Waals surface area contributed by atoms with Crippen LogP contribution in [0.3, 0.4) is 0 Å². The van der Waals surface area contributed by atoms with Crippen LogP contribution in [0.25, 0.3) is 0 Å². The van der Waals surface area contributed by atoms with Crippen LogP contribution in [0.1, 0.15) is 5.56 Å². The summed E-state index contributed by atoms with van der Waals surface area (Å²) in [6.45, 7) is 1.80. The summed E-state index contributed by atoms with van der Waals surface area (Å²) in [7, 11) is -3.00. The van der Waals surface area contributed by atoms with Gasteiger partial charge in [-0.3, -0.25) is 0 Å². The fourth-order valence-corrected chi connectivity index (χ4v) is 5.56. The summed E-state index contributed by atoms with van der Waals surface area (Å²) in [6.07, 6.45) is 0. The van der Waals surface area contributed by atoms with Gasteiger partial charge in [-0.05, 0) is 30.7 Å². The van der Waals surface area contributed by atoms with E-state index < -0.39 is 7.14 Å². The number of hydrogen-bond acceptors (Lipinski definition) is 1. The molecule has 0 spiro atoms. The first-order chi connectivity index (χ1) is 10.6. The van der Waals surface area contributed by atoms with Crippen molar-refractivity contribution in [3.05, 3.63) is 90.2 Å². The van der Waals surface area contributed by atoms with Crippen molar-refractivity contribution in [3.8, 4) is 0 Å². The van der Waals surface area contributed by atoms with Crippen molar-refractivity contribution >= 4 is 23.1 Å². The second kappa shape index (κ2) is 5.90. The van der Waals surface area contributed by atoms with Crippen LogP contribution in [0, 0.1) is 12.7 Å². The third kappa shape index (κ3) is 2.51. The molecule has 0 aromatic heterocycles. The average molecular weight is 310 g/mol. The molecule has 0 aliphatic rings. The Labute approximate surface area is 129 Å². The third-order valence-corrected chi connectivity index (χ3v) is 6.97. The minimum absolute atomic E-state index is 0.311. The lowest BCUT2D eigenvalue weighted by Crippen LogP contribution is -2.26. The van der Waals surface area contributed by atoms with Crippen LogP contribution in [0.15, 0.2) is 78.9 Å². The lowest BCUT2D eigenvalue weighted by molar-refractivity contribution is 0.592. The molecule has 3 aromatic carbocycles. The van der Waals surface area contributed by atoms with E-state index >= 15 is 0 Å². The molecule has 0 saturated heterocycles. The first-order valence-corrected chi connectivity index (χ1v) is 8.81. The first kappa shape index (κ1) is 14.7. The number of halogens is 1. The minimum atomic E-state index is -3.00. The second-order valence-electron chi connectivity index (χ2n) is 5.21. The van der Waals surface area contributed by atoms with Crippen molar-refractivity contribution in [2.75, 3.05) is 0 Å². The van der Waals surface area contributed by atoms with Crippen molar-refractivity contribution in [2.24, 2.45) is 0 Å². The van der Waals surface area contributed by atoms with E-state index in [2.05, 4.69) is 0 Å². The van der Waals surface area contributed by atoms with E-state index in [0.29, 0.717) is 10.9 Å². The van der Waals surface area contributed by atoms with Crippen molar-refractivity contribution in [3.63, 3.8) is 0 Å². The third-order valence-electron chi connectivity index (χ3n) is 3.74. The Morgan fingerprint density at radius 2 is 1.27 bits per heavy atom. The number of aryl methyl sites for hydroxylation is 1. The maximum atomic E-state index is 14.0. The summed E-state index contributed by atoms with van der Waals surface area (Å²) >= 11 is 0. The highest BCUT2D eigenvalue weighted by molar-refractivity contribution is 7.85. The standard InChI is InChI=1S/C19H16FOP/c1-15-14-16(20)12-13-19(15)22(21,17-8-4-2-5-9-17)18-10-6-3-7-11-18/h2-14H,1H3.